The molecule has 2 aliphatic heterocycles. The zero-order valence-electron chi connectivity index (χ0n) is 17.2. The molecule has 1 fully saturated rings. The molecule has 0 aliphatic carbocycles. The van der Waals surface area contributed by atoms with Gasteiger partial charge in [0.2, 0.25) is 11.8 Å². The molecule has 1 N–H and O–H groups in total. The van der Waals surface area contributed by atoms with E-state index in [1.807, 2.05) is 39.8 Å². The highest BCUT2D eigenvalue weighted by Gasteiger charge is 2.36. The Morgan fingerprint density at radius 3 is 2.63 bits per heavy atom. The number of amides is 2. The molecule has 158 valence electrons. The van der Waals surface area contributed by atoms with Gasteiger partial charge in [0.05, 0.1) is 7.11 Å². The van der Waals surface area contributed by atoms with Crippen molar-refractivity contribution in [2.75, 3.05) is 20.2 Å². The summed E-state index contributed by atoms with van der Waals surface area (Å²) in [5, 5.41) is 2.87. The van der Waals surface area contributed by atoms with Gasteiger partial charge in [-0.3, -0.25) is 14.4 Å². The Bertz CT molecular complexity index is 983. The van der Waals surface area contributed by atoms with Crippen molar-refractivity contribution < 1.29 is 14.3 Å². The van der Waals surface area contributed by atoms with Gasteiger partial charge in [0.15, 0.2) is 0 Å². The molecular weight excluding hydrogens is 382 g/mol. The number of hydrogen-bond donors (Lipinski definition) is 1. The number of ether oxygens (including phenoxy) is 1. The van der Waals surface area contributed by atoms with Gasteiger partial charge in [-0.2, -0.15) is 0 Å². The number of rotatable bonds is 6. The van der Waals surface area contributed by atoms with Crippen LogP contribution in [-0.2, 0) is 22.7 Å². The lowest BCUT2D eigenvalue weighted by atomic mass is 9.83. The largest absolute Gasteiger partial charge is 0.497 e. The van der Waals surface area contributed by atoms with E-state index in [0.29, 0.717) is 32.1 Å². The zero-order valence-corrected chi connectivity index (χ0v) is 17.2. The predicted molar refractivity (Wildman–Crippen MR) is 112 cm³/mol. The molecular formula is C23H27N3O4. The maximum absolute atomic E-state index is 12.7. The molecule has 2 amide bonds. The van der Waals surface area contributed by atoms with Gasteiger partial charge >= 0.3 is 0 Å². The molecule has 0 spiro atoms. The number of hydrogen-bond acceptors (Lipinski definition) is 4. The van der Waals surface area contributed by atoms with E-state index in [-0.39, 0.29) is 36.1 Å². The van der Waals surface area contributed by atoms with Crippen LogP contribution in [0.25, 0.3) is 0 Å². The second-order valence-electron chi connectivity index (χ2n) is 8.12. The minimum absolute atomic E-state index is 0.0102. The topological polar surface area (TPSA) is 80.6 Å². The second kappa shape index (κ2) is 8.73. The SMILES string of the molecule is COc1ccc(CNC(=O)CCC(=O)N2C[C@H]3C[C@@H](C2)c2cccc(=O)n2C3)cc1. The molecule has 7 heteroatoms. The Kier molecular flexibility index (Phi) is 5.88. The number of methoxy groups -OCH3 is 1. The maximum atomic E-state index is 12.7. The molecule has 0 saturated carbocycles. The molecule has 2 aromatic rings. The summed E-state index contributed by atoms with van der Waals surface area (Å²) in [7, 11) is 1.61. The summed E-state index contributed by atoms with van der Waals surface area (Å²) in [6.45, 7) is 2.36. The van der Waals surface area contributed by atoms with E-state index < -0.39 is 0 Å². The van der Waals surface area contributed by atoms with Crippen molar-refractivity contribution in [1.82, 2.24) is 14.8 Å². The van der Waals surface area contributed by atoms with E-state index in [9.17, 15) is 14.4 Å². The van der Waals surface area contributed by atoms with Crippen molar-refractivity contribution in [3.63, 3.8) is 0 Å². The van der Waals surface area contributed by atoms with E-state index in [0.717, 1.165) is 23.4 Å². The van der Waals surface area contributed by atoms with Gasteiger partial charge in [0.25, 0.3) is 5.56 Å². The fourth-order valence-electron chi connectivity index (χ4n) is 4.51. The number of fused-ring (bicyclic) bond motifs is 4. The van der Waals surface area contributed by atoms with Crippen LogP contribution in [0.4, 0.5) is 0 Å². The van der Waals surface area contributed by atoms with Crippen LogP contribution in [0.15, 0.2) is 47.3 Å². The van der Waals surface area contributed by atoms with Crippen molar-refractivity contribution in [3.8, 4) is 5.75 Å². The number of pyridine rings is 1. The quantitative estimate of drug-likeness (QED) is 0.790. The first kappa shape index (κ1) is 20.2. The lowest BCUT2D eigenvalue weighted by Crippen LogP contribution is -2.49. The van der Waals surface area contributed by atoms with Crippen LogP contribution < -0.4 is 15.6 Å². The van der Waals surface area contributed by atoms with Crippen LogP contribution in [0.3, 0.4) is 0 Å². The molecule has 0 radical (unpaired) electrons. The first-order valence-electron chi connectivity index (χ1n) is 10.4. The molecule has 4 rings (SSSR count). The standard InChI is InChI=1S/C23H27N3O4/c1-30-19-7-5-16(6-8-19)12-24-21(27)9-10-22(28)25-13-17-11-18(15-25)20-3-2-4-23(29)26(20)14-17/h2-8,17-18H,9-15H2,1H3,(H,24,27)/t17-,18+/m1/s1. The number of nitrogens with zero attached hydrogens (tertiary/aromatic N) is 2. The third-order valence-electron chi connectivity index (χ3n) is 6.05. The lowest BCUT2D eigenvalue weighted by Gasteiger charge is -2.42. The van der Waals surface area contributed by atoms with E-state index in [1.165, 1.54) is 0 Å². The van der Waals surface area contributed by atoms with Crippen LogP contribution in [0.2, 0.25) is 0 Å². The Morgan fingerprint density at radius 2 is 1.87 bits per heavy atom. The van der Waals surface area contributed by atoms with Crippen molar-refractivity contribution in [1.29, 1.82) is 0 Å². The highest BCUT2D eigenvalue weighted by Crippen LogP contribution is 2.35. The van der Waals surface area contributed by atoms with Gasteiger partial charge in [-0.25, -0.2) is 0 Å². The monoisotopic (exact) mass is 409 g/mol. The molecule has 1 aromatic heterocycles. The molecule has 3 heterocycles. The number of benzene rings is 1. The Morgan fingerprint density at radius 1 is 1.07 bits per heavy atom. The van der Waals surface area contributed by atoms with Gasteiger partial charge in [-0.1, -0.05) is 18.2 Å². The number of carbonyl (C=O) groups excluding carboxylic acids is 2. The fraction of sp³-hybridized carbons (Fsp3) is 0.435. The predicted octanol–water partition coefficient (Wildman–Crippen LogP) is 1.90. The molecule has 1 saturated heterocycles. The van der Waals surface area contributed by atoms with Crippen LogP contribution in [-0.4, -0.2) is 41.5 Å². The molecule has 1 aromatic carbocycles. The summed E-state index contributed by atoms with van der Waals surface area (Å²) in [6, 6.07) is 12.9. The van der Waals surface area contributed by atoms with Crippen LogP contribution in [0.5, 0.6) is 5.75 Å². The summed E-state index contributed by atoms with van der Waals surface area (Å²) in [4.78, 5) is 38.9. The molecule has 2 aliphatic rings. The normalized spacial score (nSPS) is 19.7. The Balaban J connectivity index is 1.27. The van der Waals surface area contributed by atoms with Crippen molar-refractivity contribution in [2.45, 2.75) is 38.3 Å². The third kappa shape index (κ3) is 4.40. The van der Waals surface area contributed by atoms with Gasteiger partial charge in [0, 0.05) is 56.7 Å². The second-order valence-corrected chi connectivity index (χ2v) is 8.12. The summed E-state index contributed by atoms with van der Waals surface area (Å²) in [5.74, 6) is 1.14. The summed E-state index contributed by atoms with van der Waals surface area (Å²) in [6.07, 6.45) is 1.39. The number of carbonyl (C=O) groups is 2. The fourth-order valence-corrected chi connectivity index (χ4v) is 4.51. The molecule has 2 atom stereocenters. The summed E-state index contributed by atoms with van der Waals surface area (Å²) >= 11 is 0. The van der Waals surface area contributed by atoms with Crippen LogP contribution in [0, 0.1) is 5.92 Å². The van der Waals surface area contributed by atoms with Crippen molar-refractivity contribution >= 4 is 11.8 Å². The minimum atomic E-state index is -0.131. The molecule has 7 nitrogen and oxygen atoms in total. The number of nitrogens with one attached hydrogen (secondary N) is 1. The summed E-state index contributed by atoms with van der Waals surface area (Å²) < 4.78 is 6.98. The molecule has 2 bridgehead atoms. The third-order valence-corrected chi connectivity index (χ3v) is 6.05. The Hall–Kier alpha value is -3.09. The van der Waals surface area contributed by atoms with Crippen LogP contribution in [0.1, 0.15) is 36.4 Å². The lowest BCUT2D eigenvalue weighted by molar-refractivity contribution is -0.136. The summed E-state index contributed by atoms with van der Waals surface area (Å²) in [5.41, 5.74) is 2.04. The average molecular weight is 409 g/mol. The molecule has 0 unspecified atom stereocenters. The zero-order chi connectivity index (χ0) is 21.1. The van der Waals surface area contributed by atoms with Crippen molar-refractivity contribution in [3.05, 3.63) is 64.1 Å². The van der Waals surface area contributed by atoms with E-state index >= 15 is 0 Å². The van der Waals surface area contributed by atoms with Gasteiger partial charge in [0.1, 0.15) is 5.75 Å². The van der Waals surface area contributed by atoms with E-state index in [1.54, 1.807) is 19.2 Å². The first-order chi connectivity index (χ1) is 14.5. The van der Waals surface area contributed by atoms with Gasteiger partial charge in [-0.15, -0.1) is 0 Å². The number of likely N-dealkylation sites (tertiary alicyclic amines) is 1. The first-order valence-corrected chi connectivity index (χ1v) is 10.4. The number of aromatic nitrogens is 1. The smallest absolute Gasteiger partial charge is 0.250 e. The number of piperidine rings is 1. The Labute approximate surface area is 175 Å². The van der Waals surface area contributed by atoms with Crippen molar-refractivity contribution in [2.24, 2.45) is 5.92 Å². The van der Waals surface area contributed by atoms with Gasteiger partial charge < -0.3 is 19.5 Å². The van der Waals surface area contributed by atoms with E-state index in [2.05, 4.69) is 5.32 Å². The van der Waals surface area contributed by atoms with Gasteiger partial charge in [-0.05, 0) is 36.1 Å². The maximum Gasteiger partial charge on any atom is 0.250 e. The molecule has 30 heavy (non-hydrogen) atoms. The average Bonchev–Trinajstić information content (AvgIpc) is 2.77. The van der Waals surface area contributed by atoms with Crippen LogP contribution >= 0.6 is 0 Å². The van der Waals surface area contributed by atoms with E-state index in [4.69, 9.17) is 4.74 Å². The highest BCUT2D eigenvalue weighted by atomic mass is 16.5. The minimum Gasteiger partial charge on any atom is -0.497 e. The highest BCUT2D eigenvalue weighted by molar-refractivity contribution is 5.83.